The summed E-state index contributed by atoms with van der Waals surface area (Å²) in [7, 11) is 1.60. The van der Waals surface area contributed by atoms with Gasteiger partial charge in [0.25, 0.3) is 0 Å². The number of carbonyl (C=O) groups excluding carboxylic acids is 2. The van der Waals surface area contributed by atoms with Gasteiger partial charge < -0.3 is 25.0 Å². The lowest BCUT2D eigenvalue weighted by Crippen LogP contribution is -2.46. The highest BCUT2D eigenvalue weighted by molar-refractivity contribution is 5.96. The molecule has 2 aliphatic heterocycles. The fraction of sp³-hybridized carbons (Fsp3) is 0.556. The highest BCUT2D eigenvalue weighted by atomic mass is 16.5. The molecule has 2 N–H and O–H groups in total. The summed E-state index contributed by atoms with van der Waals surface area (Å²) in [6, 6.07) is 6.92. The van der Waals surface area contributed by atoms with Gasteiger partial charge >= 0.3 is 6.03 Å². The van der Waals surface area contributed by atoms with E-state index in [1.165, 1.54) is 0 Å². The van der Waals surface area contributed by atoms with Crippen LogP contribution in [0.3, 0.4) is 0 Å². The second-order valence-electron chi connectivity index (χ2n) is 6.46. The second-order valence-corrected chi connectivity index (χ2v) is 6.46. The third-order valence-corrected chi connectivity index (χ3v) is 4.66. The van der Waals surface area contributed by atoms with Gasteiger partial charge in [0.15, 0.2) is 0 Å². The normalized spacial score (nSPS) is 20.9. The Morgan fingerprint density at radius 3 is 2.69 bits per heavy atom. The van der Waals surface area contributed by atoms with Gasteiger partial charge in [0.2, 0.25) is 5.91 Å². The summed E-state index contributed by atoms with van der Waals surface area (Å²) >= 11 is 0. The zero-order valence-corrected chi connectivity index (χ0v) is 15.1. The Morgan fingerprint density at radius 1 is 1.27 bits per heavy atom. The molecular weight excluding hydrogens is 336 g/mol. The van der Waals surface area contributed by atoms with Gasteiger partial charge in [-0.05, 0) is 24.3 Å². The molecule has 142 valence electrons. The first-order valence-corrected chi connectivity index (χ1v) is 8.94. The molecule has 1 atom stereocenters. The molecule has 2 fully saturated rings. The van der Waals surface area contributed by atoms with E-state index < -0.39 is 0 Å². The van der Waals surface area contributed by atoms with Crippen molar-refractivity contribution < 1.29 is 19.1 Å². The number of anilines is 1. The quantitative estimate of drug-likeness (QED) is 0.767. The predicted octanol–water partition coefficient (Wildman–Crippen LogP) is 0.432. The van der Waals surface area contributed by atoms with E-state index in [2.05, 4.69) is 15.5 Å². The Balaban J connectivity index is 1.42. The molecule has 8 nitrogen and oxygen atoms in total. The largest absolute Gasteiger partial charge is 0.497 e. The summed E-state index contributed by atoms with van der Waals surface area (Å²) < 4.78 is 10.4. The molecule has 26 heavy (non-hydrogen) atoms. The van der Waals surface area contributed by atoms with Crippen LogP contribution in [0.2, 0.25) is 0 Å². The highest BCUT2D eigenvalue weighted by Gasteiger charge is 2.31. The third-order valence-electron chi connectivity index (χ3n) is 4.66. The standard InChI is InChI=1S/C18H26N4O4/c1-25-16-4-2-15(3-5-16)22-13-14(12-17(22)23)20-18(24)19-6-7-21-8-10-26-11-9-21/h2-5,14H,6-13H2,1H3,(H2,19,20,24)/t14-/m0/s1. The first kappa shape index (κ1) is 18.5. The van der Waals surface area contributed by atoms with E-state index >= 15 is 0 Å². The van der Waals surface area contributed by atoms with Gasteiger partial charge in [0.05, 0.1) is 26.4 Å². The lowest BCUT2D eigenvalue weighted by atomic mass is 10.2. The molecule has 3 amide bonds. The molecule has 0 bridgehead atoms. The van der Waals surface area contributed by atoms with E-state index in [-0.39, 0.29) is 18.0 Å². The molecule has 2 saturated heterocycles. The molecule has 0 saturated carbocycles. The minimum absolute atomic E-state index is 0.00813. The van der Waals surface area contributed by atoms with Gasteiger partial charge in [-0.15, -0.1) is 0 Å². The number of nitrogens with one attached hydrogen (secondary N) is 2. The average molecular weight is 362 g/mol. The fourth-order valence-corrected chi connectivity index (χ4v) is 3.20. The zero-order valence-electron chi connectivity index (χ0n) is 15.1. The van der Waals surface area contributed by atoms with Crippen LogP contribution in [0.1, 0.15) is 6.42 Å². The van der Waals surface area contributed by atoms with Gasteiger partial charge in [0, 0.05) is 44.8 Å². The summed E-state index contributed by atoms with van der Waals surface area (Å²) in [4.78, 5) is 28.3. The van der Waals surface area contributed by atoms with E-state index in [1.807, 2.05) is 24.3 Å². The van der Waals surface area contributed by atoms with E-state index in [9.17, 15) is 9.59 Å². The molecule has 1 aromatic rings. The second kappa shape index (κ2) is 8.86. The van der Waals surface area contributed by atoms with Gasteiger partial charge in [-0.25, -0.2) is 4.79 Å². The minimum Gasteiger partial charge on any atom is -0.497 e. The number of hydrogen-bond donors (Lipinski definition) is 2. The number of rotatable bonds is 6. The number of methoxy groups -OCH3 is 1. The number of benzene rings is 1. The van der Waals surface area contributed by atoms with Crippen LogP contribution >= 0.6 is 0 Å². The Morgan fingerprint density at radius 2 is 2.00 bits per heavy atom. The Hall–Kier alpha value is -2.32. The van der Waals surface area contributed by atoms with Crippen molar-refractivity contribution in [2.45, 2.75) is 12.5 Å². The first-order valence-electron chi connectivity index (χ1n) is 8.94. The first-order chi connectivity index (χ1) is 12.7. The Labute approximate surface area is 153 Å². The van der Waals surface area contributed by atoms with Crippen molar-refractivity contribution in [3.63, 3.8) is 0 Å². The molecule has 8 heteroatoms. The van der Waals surface area contributed by atoms with E-state index in [4.69, 9.17) is 9.47 Å². The average Bonchev–Trinajstić information content (AvgIpc) is 3.02. The number of hydrogen-bond acceptors (Lipinski definition) is 5. The molecule has 0 aromatic heterocycles. The topological polar surface area (TPSA) is 83.1 Å². The van der Waals surface area contributed by atoms with Crippen LogP contribution in [0, 0.1) is 0 Å². The van der Waals surface area contributed by atoms with Crippen molar-refractivity contribution >= 4 is 17.6 Å². The van der Waals surface area contributed by atoms with Crippen molar-refractivity contribution in [3.05, 3.63) is 24.3 Å². The summed E-state index contributed by atoms with van der Waals surface area (Å²) in [5.41, 5.74) is 0.813. The van der Waals surface area contributed by atoms with Crippen molar-refractivity contribution in [2.75, 3.05) is 57.9 Å². The smallest absolute Gasteiger partial charge is 0.315 e. The molecule has 3 rings (SSSR count). The van der Waals surface area contributed by atoms with Gasteiger partial charge in [-0.3, -0.25) is 9.69 Å². The predicted molar refractivity (Wildman–Crippen MR) is 97.5 cm³/mol. The molecule has 0 spiro atoms. The molecule has 1 aromatic carbocycles. The van der Waals surface area contributed by atoms with Crippen LogP contribution in [-0.2, 0) is 9.53 Å². The van der Waals surface area contributed by atoms with Crippen LogP contribution in [0.15, 0.2) is 24.3 Å². The zero-order chi connectivity index (χ0) is 18.4. The molecule has 0 unspecified atom stereocenters. The molecular formula is C18H26N4O4. The minimum atomic E-state index is -0.229. The number of ether oxygens (including phenoxy) is 2. The molecule has 0 radical (unpaired) electrons. The lowest BCUT2D eigenvalue weighted by molar-refractivity contribution is -0.117. The number of urea groups is 1. The molecule has 0 aliphatic carbocycles. The van der Waals surface area contributed by atoms with E-state index in [1.54, 1.807) is 12.0 Å². The SMILES string of the molecule is COc1ccc(N2C[C@@H](NC(=O)NCCN3CCOCC3)CC2=O)cc1. The van der Waals surface area contributed by atoms with Gasteiger partial charge in [-0.1, -0.05) is 0 Å². The monoisotopic (exact) mass is 362 g/mol. The van der Waals surface area contributed by atoms with Crippen LogP contribution in [0.4, 0.5) is 10.5 Å². The summed E-state index contributed by atoms with van der Waals surface area (Å²) in [6.45, 7) is 5.15. The van der Waals surface area contributed by atoms with Crippen molar-refractivity contribution in [2.24, 2.45) is 0 Å². The van der Waals surface area contributed by atoms with Gasteiger partial charge in [0.1, 0.15) is 5.75 Å². The van der Waals surface area contributed by atoms with Gasteiger partial charge in [-0.2, -0.15) is 0 Å². The van der Waals surface area contributed by atoms with Crippen LogP contribution < -0.4 is 20.3 Å². The highest BCUT2D eigenvalue weighted by Crippen LogP contribution is 2.24. The van der Waals surface area contributed by atoms with E-state index in [0.29, 0.717) is 19.5 Å². The Bertz CT molecular complexity index is 616. The van der Waals surface area contributed by atoms with Crippen LogP contribution in [0.25, 0.3) is 0 Å². The summed E-state index contributed by atoms with van der Waals surface area (Å²) in [5.74, 6) is 0.753. The number of morpholine rings is 1. The van der Waals surface area contributed by atoms with Crippen molar-refractivity contribution in [1.82, 2.24) is 15.5 Å². The van der Waals surface area contributed by atoms with Crippen LogP contribution in [0.5, 0.6) is 5.75 Å². The third kappa shape index (κ3) is 4.86. The van der Waals surface area contributed by atoms with E-state index in [0.717, 1.165) is 44.3 Å². The fourth-order valence-electron chi connectivity index (χ4n) is 3.20. The molecule has 2 heterocycles. The maximum absolute atomic E-state index is 12.2. The van der Waals surface area contributed by atoms with Crippen molar-refractivity contribution in [3.8, 4) is 5.75 Å². The maximum atomic E-state index is 12.2. The summed E-state index contributed by atoms with van der Waals surface area (Å²) in [6.07, 6.45) is 0.308. The molecule has 2 aliphatic rings. The number of carbonyl (C=O) groups is 2. The number of amides is 3. The van der Waals surface area contributed by atoms with Crippen molar-refractivity contribution in [1.29, 1.82) is 0 Å². The Kier molecular flexibility index (Phi) is 6.30. The maximum Gasteiger partial charge on any atom is 0.315 e. The van der Waals surface area contributed by atoms with Crippen LogP contribution in [-0.4, -0.2) is 75.9 Å². The number of nitrogens with zero attached hydrogens (tertiary/aromatic N) is 2. The summed E-state index contributed by atoms with van der Waals surface area (Å²) in [5, 5.41) is 5.75. The lowest BCUT2D eigenvalue weighted by Gasteiger charge is -2.26.